The number of carbonyl (C=O) groups excluding carboxylic acids is 2. The molecule has 9 heteroatoms. The van der Waals surface area contributed by atoms with Crippen LogP contribution in [0.4, 0.5) is 0 Å². The van der Waals surface area contributed by atoms with Crippen molar-refractivity contribution in [1.82, 2.24) is 4.90 Å². The minimum Gasteiger partial charge on any atom is -0.493 e. The number of methoxy groups -OCH3 is 2. The van der Waals surface area contributed by atoms with Crippen LogP contribution in [0.25, 0.3) is 0 Å². The number of hydrogen-bond donors (Lipinski definition) is 0. The Bertz CT molecular complexity index is 1290. The van der Waals surface area contributed by atoms with E-state index in [0.29, 0.717) is 53.0 Å². The van der Waals surface area contributed by atoms with Crippen LogP contribution in [0.1, 0.15) is 44.8 Å². The number of amides is 1. The molecule has 1 amide bonds. The van der Waals surface area contributed by atoms with Gasteiger partial charge in [0.25, 0.3) is 5.91 Å². The quantitative estimate of drug-likeness (QED) is 0.324. The van der Waals surface area contributed by atoms with Gasteiger partial charge in [0.05, 0.1) is 43.0 Å². The second-order valence-electron chi connectivity index (χ2n) is 8.35. The van der Waals surface area contributed by atoms with Crippen molar-refractivity contribution in [1.29, 1.82) is 0 Å². The van der Waals surface area contributed by atoms with E-state index in [9.17, 15) is 9.59 Å². The Morgan fingerprint density at radius 2 is 1.68 bits per heavy atom. The molecule has 0 aromatic heterocycles. The summed E-state index contributed by atoms with van der Waals surface area (Å²) in [4.78, 5) is 27.4. The molecule has 1 heterocycles. The first-order valence-electron chi connectivity index (χ1n) is 11.8. The molecule has 7 nitrogen and oxygen atoms in total. The number of benzene rings is 3. The first-order chi connectivity index (χ1) is 17.9. The van der Waals surface area contributed by atoms with E-state index >= 15 is 0 Å². The van der Waals surface area contributed by atoms with Crippen molar-refractivity contribution in [3.63, 3.8) is 0 Å². The van der Waals surface area contributed by atoms with Crippen LogP contribution in [0.3, 0.4) is 0 Å². The van der Waals surface area contributed by atoms with E-state index in [2.05, 4.69) is 0 Å². The lowest BCUT2D eigenvalue weighted by atomic mass is 9.91. The average molecular weight is 544 g/mol. The summed E-state index contributed by atoms with van der Waals surface area (Å²) in [6, 6.07) is 14.9. The molecular formula is C28H27Cl2NO6. The van der Waals surface area contributed by atoms with E-state index in [-0.39, 0.29) is 17.5 Å². The molecule has 4 rings (SSSR count). The van der Waals surface area contributed by atoms with Gasteiger partial charge < -0.3 is 23.8 Å². The Morgan fingerprint density at radius 3 is 2.32 bits per heavy atom. The summed E-state index contributed by atoms with van der Waals surface area (Å²) >= 11 is 12.4. The predicted molar refractivity (Wildman–Crippen MR) is 141 cm³/mol. The normalized spacial score (nSPS) is 14.5. The summed E-state index contributed by atoms with van der Waals surface area (Å²) in [5.74, 6) is 1.11. The van der Waals surface area contributed by atoms with Crippen LogP contribution in [-0.4, -0.2) is 50.8 Å². The molecule has 0 fully saturated rings. The van der Waals surface area contributed by atoms with Crippen LogP contribution in [0.2, 0.25) is 10.0 Å². The third-order valence-electron chi connectivity index (χ3n) is 6.20. The van der Waals surface area contributed by atoms with E-state index < -0.39 is 12.0 Å². The van der Waals surface area contributed by atoms with Gasteiger partial charge in [-0.2, -0.15) is 0 Å². The van der Waals surface area contributed by atoms with Crippen molar-refractivity contribution >= 4 is 35.1 Å². The zero-order valence-corrected chi connectivity index (χ0v) is 22.3. The molecule has 3 aromatic rings. The highest BCUT2D eigenvalue weighted by molar-refractivity contribution is 6.36. The molecule has 0 bridgehead atoms. The molecule has 0 saturated carbocycles. The van der Waals surface area contributed by atoms with Gasteiger partial charge in [-0.05, 0) is 79.1 Å². The number of carbonyl (C=O) groups is 2. The molecule has 3 aromatic carbocycles. The van der Waals surface area contributed by atoms with Crippen molar-refractivity contribution in [2.24, 2.45) is 0 Å². The Hall–Kier alpha value is -3.42. The van der Waals surface area contributed by atoms with E-state index in [4.69, 9.17) is 42.1 Å². The van der Waals surface area contributed by atoms with Crippen molar-refractivity contribution in [3.05, 3.63) is 86.9 Å². The predicted octanol–water partition coefficient (Wildman–Crippen LogP) is 6.01. The highest BCUT2D eigenvalue weighted by Gasteiger charge is 2.34. The van der Waals surface area contributed by atoms with Crippen molar-refractivity contribution in [2.75, 3.05) is 34.0 Å². The summed E-state index contributed by atoms with van der Waals surface area (Å²) in [6.07, 6.45) is 0.622. The minimum atomic E-state index is -0.437. The molecular weight excluding hydrogens is 517 g/mol. The third kappa shape index (κ3) is 5.78. The number of esters is 1. The van der Waals surface area contributed by atoms with Crippen LogP contribution in [0.15, 0.2) is 54.6 Å². The molecule has 1 atom stereocenters. The minimum absolute atomic E-state index is 0.165. The van der Waals surface area contributed by atoms with Gasteiger partial charge in [-0.25, -0.2) is 4.79 Å². The van der Waals surface area contributed by atoms with E-state index in [0.717, 1.165) is 11.1 Å². The number of rotatable bonds is 8. The largest absolute Gasteiger partial charge is 0.493 e. The fourth-order valence-corrected chi connectivity index (χ4v) is 4.83. The standard InChI is InChI=1S/C28H27Cl2NO6/c1-4-36-28(33)17-5-8-20(9-6-17)37-16-24-22-15-26(35-3)25(34-2)13-18(22)11-12-31(24)27(32)21-10-7-19(29)14-23(21)30/h5-10,13-15,24H,4,11-12,16H2,1-3H3/t24-/m1/s1. The van der Waals surface area contributed by atoms with E-state index in [1.54, 1.807) is 68.5 Å². The first-order valence-corrected chi connectivity index (χ1v) is 12.5. The second kappa shape index (κ2) is 11.8. The summed E-state index contributed by atoms with van der Waals surface area (Å²) in [5, 5.41) is 0.735. The number of nitrogens with zero attached hydrogens (tertiary/aromatic N) is 1. The van der Waals surface area contributed by atoms with Crippen LogP contribution in [-0.2, 0) is 11.2 Å². The van der Waals surface area contributed by atoms with Crippen molar-refractivity contribution < 1.29 is 28.5 Å². The lowest BCUT2D eigenvalue weighted by Crippen LogP contribution is -2.42. The lowest BCUT2D eigenvalue weighted by Gasteiger charge is -2.38. The zero-order valence-electron chi connectivity index (χ0n) is 20.8. The van der Waals surface area contributed by atoms with E-state index in [1.807, 2.05) is 12.1 Å². The van der Waals surface area contributed by atoms with Crippen molar-refractivity contribution in [2.45, 2.75) is 19.4 Å². The molecule has 1 aliphatic heterocycles. The number of hydrogen-bond acceptors (Lipinski definition) is 6. The number of fused-ring (bicyclic) bond motifs is 1. The molecule has 37 heavy (non-hydrogen) atoms. The Morgan fingerprint density at radius 1 is 0.973 bits per heavy atom. The fourth-order valence-electron chi connectivity index (χ4n) is 4.35. The molecule has 0 aliphatic carbocycles. The van der Waals surface area contributed by atoms with Gasteiger partial charge in [0.1, 0.15) is 12.4 Å². The Kier molecular flexibility index (Phi) is 8.46. The van der Waals surface area contributed by atoms with Gasteiger partial charge in [0, 0.05) is 11.6 Å². The summed E-state index contributed by atoms with van der Waals surface area (Å²) in [7, 11) is 3.16. The molecule has 194 valence electrons. The van der Waals surface area contributed by atoms with Crippen LogP contribution in [0, 0.1) is 0 Å². The van der Waals surface area contributed by atoms with Crippen molar-refractivity contribution in [3.8, 4) is 17.2 Å². The zero-order chi connectivity index (χ0) is 26.5. The summed E-state index contributed by atoms with van der Waals surface area (Å²) < 4.78 is 22.2. The van der Waals surface area contributed by atoms with Crippen LogP contribution < -0.4 is 14.2 Å². The Balaban J connectivity index is 1.66. The van der Waals surface area contributed by atoms with E-state index in [1.165, 1.54) is 0 Å². The van der Waals surface area contributed by atoms with Gasteiger partial charge in [-0.1, -0.05) is 23.2 Å². The van der Waals surface area contributed by atoms with Crippen LogP contribution in [0.5, 0.6) is 17.2 Å². The molecule has 0 spiro atoms. The Labute approximate surface area is 225 Å². The highest BCUT2D eigenvalue weighted by atomic mass is 35.5. The summed E-state index contributed by atoms with van der Waals surface area (Å²) in [5.41, 5.74) is 2.72. The maximum absolute atomic E-state index is 13.7. The molecule has 0 saturated heterocycles. The second-order valence-corrected chi connectivity index (χ2v) is 9.19. The van der Waals surface area contributed by atoms with Gasteiger partial charge in [0.15, 0.2) is 11.5 Å². The first kappa shape index (κ1) is 26.6. The molecule has 0 radical (unpaired) electrons. The monoisotopic (exact) mass is 543 g/mol. The smallest absolute Gasteiger partial charge is 0.338 e. The SMILES string of the molecule is CCOC(=O)c1ccc(OC[C@@H]2c3cc(OC)c(OC)cc3CCN2C(=O)c2ccc(Cl)cc2Cl)cc1. The van der Waals surface area contributed by atoms with Gasteiger partial charge in [-0.15, -0.1) is 0 Å². The number of ether oxygens (including phenoxy) is 4. The molecule has 1 aliphatic rings. The average Bonchev–Trinajstić information content (AvgIpc) is 2.90. The summed E-state index contributed by atoms with van der Waals surface area (Å²) in [6.45, 7) is 2.68. The van der Waals surface area contributed by atoms with Gasteiger partial charge >= 0.3 is 5.97 Å². The van der Waals surface area contributed by atoms with Gasteiger partial charge in [0.2, 0.25) is 0 Å². The maximum atomic E-state index is 13.7. The van der Waals surface area contributed by atoms with Gasteiger partial charge in [-0.3, -0.25) is 4.79 Å². The number of halogens is 2. The molecule has 0 N–H and O–H groups in total. The maximum Gasteiger partial charge on any atom is 0.338 e. The highest BCUT2D eigenvalue weighted by Crippen LogP contribution is 2.39. The topological polar surface area (TPSA) is 74.3 Å². The lowest BCUT2D eigenvalue weighted by molar-refractivity contribution is 0.0524. The van der Waals surface area contributed by atoms with Crippen LogP contribution >= 0.6 is 23.2 Å². The fraction of sp³-hybridized carbons (Fsp3) is 0.286. The third-order valence-corrected chi connectivity index (χ3v) is 6.75. The molecule has 0 unspecified atom stereocenters.